The zero-order valence-corrected chi connectivity index (χ0v) is 17.9. The minimum atomic E-state index is -0.0394. The van der Waals surface area contributed by atoms with Gasteiger partial charge in [0.2, 0.25) is 11.2 Å². The van der Waals surface area contributed by atoms with Crippen molar-refractivity contribution in [2.45, 2.75) is 52.5 Å². The van der Waals surface area contributed by atoms with Crippen LogP contribution < -0.4 is 4.57 Å². The molecular formula is C27H30N+. The third-order valence-electron chi connectivity index (χ3n) is 5.50. The number of para-hydroxylation sites is 1. The molecule has 0 saturated heterocycles. The Morgan fingerprint density at radius 3 is 1.89 bits per heavy atom. The number of aromatic nitrogens is 1. The number of hydrogen-bond donors (Lipinski definition) is 0. The Morgan fingerprint density at radius 1 is 0.607 bits per heavy atom. The smallest absolute Gasteiger partial charge is 0.187 e. The number of fused-ring (bicyclic) bond motifs is 2. The van der Waals surface area contributed by atoms with Gasteiger partial charge in [-0.05, 0) is 33.9 Å². The molecule has 1 heteroatoms. The maximum Gasteiger partial charge on any atom is 0.214 e. The first-order valence-corrected chi connectivity index (χ1v) is 10.1. The highest BCUT2D eigenvalue weighted by atomic mass is 15.0. The second-order valence-corrected chi connectivity index (χ2v) is 9.74. The topological polar surface area (TPSA) is 3.88 Å². The van der Waals surface area contributed by atoms with Crippen LogP contribution in [0, 0.1) is 0 Å². The van der Waals surface area contributed by atoms with Crippen LogP contribution in [0.15, 0.2) is 72.8 Å². The number of nitrogens with zero attached hydrogens (tertiary/aromatic N) is 1. The van der Waals surface area contributed by atoms with Gasteiger partial charge in [0.05, 0.1) is 5.56 Å². The lowest BCUT2D eigenvalue weighted by molar-refractivity contribution is -0.720. The third kappa shape index (κ3) is 3.09. The van der Waals surface area contributed by atoms with Crippen molar-refractivity contribution in [1.29, 1.82) is 0 Å². The number of rotatable bonds is 1. The fourth-order valence-electron chi connectivity index (χ4n) is 4.30. The molecule has 1 heterocycles. The molecule has 142 valence electrons. The van der Waals surface area contributed by atoms with Crippen molar-refractivity contribution in [3.05, 3.63) is 78.4 Å². The molecule has 0 radical (unpaired) electrons. The molecule has 0 saturated carbocycles. The van der Waals surface area contributed by atoms with Gasteiger partial charge in [0.15, 0.2) is 5.54 Å². The molecule has 28 heavy (non-hydrogen) atoms. The van der Waals surface area contributed by atoms with Crippen LogP contribution in [-0.4, -0.2) is 0 Å². The van der Waals surface area contributed by atoms with Crippen molar-refractivity contribution in [3.63, 3.8) is 0 Å². The van der Waals surface area contributed by atoms with Crippen molar-refractivity contribution in [3.8, 4) is 11.3 Å². The van der Waals surface area contributed by atoms with E-state index >= 15 is 0 Å². The molecule has 0 aliphatic heterocycles. The van der Waals surface area contributed by atoms with Gasteiger partial charge >= 0.3 is 0 Å². The van der Waals surface area contributed by atoms with Gasteiger partial charge in [0, 0.05) is 38.3 Å². The van der Waals surface area contributed by atoms with Crippen LogP contribution in [0.2, 0.25) is 0 Å². The number of pyridine rings is 1. The first-order chi connectivity index (χ1) is 13.2. The van der Waals surface area contributed by atoms with Crippen LogP contribution in [0.4, 0.5) is 0 Å². The lowest BCUT2D eigenvalue weighted by Crippen LogP contribution is -2.52. The largest absolute Gasteiger partial charge is 0.214 e. The predicted molar refractivity (Wildman–Crippen MR) is 121 cm³/mol. The van der Waals surface area contributed by atoms with Gasteiger partial charge in [0.25, 0.3) is 0 Å². The summed E-state index contributed by atoms with van der Waals surface area (Å²) in [7, 11) is 0. The standard InChI is InChI=1S/C27H30N/c1-26(2,3)22-17-15-19-11-7-9-13-21(19)25(22)24-18-16-20-12-8-10-14-23(20)28(24)27(4,5)6/h7-18H,1-6H3/q+1. The summed E-state index contributed by atoms with van der Waals surface area (Å²) >= 11 is 0. The van der Waals surface area contributed by atoms with Gasteiger partial charge in [-0.3, -0.25) is 0 Å². The van der Waals surface area contributed by atoms with E-state index in [1.807, 2.05) is 0 Å². The highest BCUT2D eigenvalue weighted by Crippen LogP contribution is 2.38. The van der Waals surface area contributed by atoms with E-state index in [0.29, 0.717) is 0 Å². The second kappa shape index (κ2) is 6.44. The Kier molecular flexibility index (Phi) is 4.30. The van der Waals surface area contributed by atoms with E-state index in [1.165, 1.54) is 38.5 Å². The van der Waals surface area contributed by atoms with E-state index in [-0.39, 0.29) is 11.0 Å². The van der Waals surface area contributed by atoms with Crippen LogP contribution in [-0.2, 0) is 11.0 Å². The average Bonchev–Trinajstić information content (AvgIpc) is 2.64. The van der Waals surface area contributed by atoms with Crippen LogP contribution in [0.3, 0.4) is 0 Å². The molecule has 4 aromatic rings. The molecule has 4 rings (SSSR count). The van der Waals surface area contributed by atoms with Gasteiger partial charge in [-0.15, -0.1) is 0 Å². The van der Waals surface area contributed by atoms with E-state index in [0.717, 1.165) is 0 Å². The predicted octanol–water partition coefficient (Wildman–Crippen LogP) is 7.00. The Labute approximate surface area is 168 Å². The Hall–Kier alpha value is -2.67. The average molecular weight is 369 g/mol. The summed E-state index contributed by atoms with van der Waals surface area (Å²) in [6.45, 7) is 13.8. The van der Waals surface area contributed by atoms with Crippen LogP contribution in [0.1, 0.15) is 47.1 Å². The zero-order valence-electron chi connectivity index (χ0n) is 17.9. The fraction of sp³-hybridized carbons (Fsp3) is 0.296. The van der Waals surface area contributed by atoms with Crippen molar-refractivity contribution in [2.75, 3.05) is 0 Å². The van der Waals surface area contributed by atoms with Gasteiger partial charge in [-0.1, -0.05) is 69.3 Å². The summed E-state index contributed by atoms with van der Waals surface area (Å²) in [5, 5.41) is 3.89. The van der Waals surface area contributed by atoms with Crippen molar-refractivity contribution >= 4 is 21.7 Å². The molecule has 3 aromatic carbocycles. The monoisotopic (exact) mass is 368 g/mol. The highest BCUT2D eigenvalue weighted by molar-refractivity contribution is 5.98. The Morgan fingerprint density at radius 2 is 1.21 bits per heavy atom. The summed E-state index contributed by atoms with van der Waals surface area (Å²) in [5.41, 5.74) is 5.32. The Balaban J connectivity index is 2.22. The highest BCUT2D eigenvalue weighted by Gasteiger charge is 2.33. The molecule has 0 aliphatic carbocycles. The molecule has 0 N–H and O–H groups in total. The maximum absolute atomic E-state index is 2.51. The van der Waals surface area contributed by atoms with Crippen molar-refractivity contribution < 1.29 is 4.57 Å². The third-order valence-corrected chi connectivity index (χ3v) is 5.50. The molecule has 0 unspecified atom stereocenters. The molecular weight excluding hydrogens is 338 g/mol. The van der Waals surface area contributed by atoms with Crippen molar-refractivity contribution in [2.24, 2.45) is 0 Å². The van der Waals surface area contributed by atoms with Crippen LogP contribution in [0.25, 0.3) is 32.9 Å². The molecule has 1 nitrogen and oxygen atoms in total. The molecule has 0 bridgehead atoms. The van der Waals surface area contributed by atoms with Crippen LogP contribution in [0.5, 0.6) is 0 Å². The van der Waals surface area contributed by atoms with E-state index in [2.05, 4.69) is 119 Å². The second-order valence-electron chi connectivity index (χ2n) is 9.74. The summed E-state index contributed by atoms with van der Waals surface area (Å²) in [6.07, 6.45) is 0. The molecule has 0 aliphatic rings. The summed E-state index contributed by atoms with van der Waals surface area (Å²) in [5.74, 6) is 0. The van der Waals surface area contributed by atoms with Crippen molar-refractivity contribution in [1.82, 2.24) is 0 Å². The fourth-order valence-corrected chi connectivity index (χ4v) is 4.30. The molecule has 0 amide bonds. The van der Waals surface area contributed by atoms with E-state index in [9.17, 15) is 0 Å². The van der Waals surface area contributed by atoms with Gasteiger partial charge in [0.1, 0.15) is 0 Å². The van der Waals surface area contributed by atoms with E-state index in [4.69, 9.17) is 0 Å². The molecule has 1 aromatic heterocycles. The van der Waals surface area contributed by atoms with E-state index in [1.54, 1.807) is 0 Å². The summed E-state index contributed by atoms with van der Waals surface area (Å²) in [6, 6.07) is 26.6. The summed E-state index contributed by atoms with van der Waals surface area (Å²) in [4.78, 5) is 0. The first-order valence-electron chi connectivity index (χ1n) is 10.1. The van der Waals surface area contributed by atoms with Gasteiger partial charge in [-0.2, -0.15) is 4.57 Å². The lowest BCUT2D eigenvalue weighted by atomic mass is 9.80. The van der Waals surface area contributed by atoms with E-state index < -0.39 is 0 Å². The zero-order chi connectivity index (χ0) is 20.1. The quantitative estimate of drug-likeness (QED) is 0.318. The Bertz CT molecular complexity index is 1170. The maximum atomic E-state index is 2.51. The summed E-state index contributed by atoms with van der Waals surface area (Å²) < 4.78 is 2.51. The molecule has 0 spiro atoms. The normalized spacial score (nSPS) is 12.6. The van der Waals surface area contributed by atoms with Crippen LogP contribution >= 0.6 is 0 Å². The molecule has 0 fully saturated rings. The SMILES string of the molecule is CC(C)(C)c1ccc2ccccc2c1-c1ccc2ccccc2[n+]1C(C)(C)C. The first kappa shape index (κ1) is 18.7. The molecule has 0 atom stereocenters. The van der Waals surface area contributed by atoms with Gasteiger partial charge in [-0.25, -0.2) is 0 Å². The number of benzene rings is 3. The number of hydrogen-bond acceptors (Lipinski definition) is 0. The van der Waals surface area contributed by atoms with Gasteiger partial charge < -0.3 is 0 Å². The minimum Gasteiger partial charge on any atom is -0.187 e. The minimum absolute atomic E-state index is 0.0394. The lowest BCUT2D eigenvalue weighted by Gasteiger charge is -2.26.